The summed E-state index contributed by atoms with van der Waals surface area (Å²) in [5.74, 6) is 3.71. The summed E-state index contributed by atoms with van der Waals surface area (Å²) >= 11 is 4.87. The highest BCUT2D eigenvalue weighted by Gasteiger charge is 2.65. The van der Waals surface area contributed by atoms with Gasteiger partial charge >= 0.3 is 0 Å². The van der Waals surface area contributed by atoms with Gasteiger partial charge in [0.1, 0.15) is 0 Å². The van der Waals surface area contributed by atoms with Crippen LogP contribution >= 0.6 is 12.2 Å². The smallest absolute Gasteiger partial charge is 0.284 e. The Morgan fingerprint density at radius 2 is 1.91 bits per heavy atom. The number of benzene rings is 1. The number of rotatable bonds is 3. The minimum atomic E-state index is 0.0262. The van der Waals surface area contributed by atoms with Crippen molar-refractivity contribution in [1.29, 1.82) is 0 Å². The van der Waals surface area contributed by atoms with Crippen LogP contribution in [0.15, 0.2) is 28.7 Å². The van der Waals surface area contributed by atoms with Gasteiger partial charge in [0.25, 0.3) is 10.7 Å². The average molecular weight is 327 g/mol. The molecule has 3 fully saturated rings. The molecule has 1 heterocycles. The molecule has 2 N–H and O–H groups in total. The molecule has 2 aromatic rings. The molecule has 0 spiro atoms. The first-order valence-electron chi connectivity index (χ1n) is 8.17. The lowest BCUT2D eigenvalue weighted by Gasteiger charge is -2.10. The zero-order valence-corrected chi connectivity index (χ0v) is 13.3. The maximum absolute atomic E-state index is 12.4. The lowest BCUT2D eigenvalue weighted by molar-refractivity contribution is 0.0944. The summed E-state index contributed by atoms with van der Waals surface area (Å²) in [5.41, 5.74) is 1.48. The van der Waals surface area contributed by atoms with Crippen LogP contribution in [0, 0.1) is 28.5 Å². The van der Waals surface area contributed by atoms with E-state index in [1.807, 2.05) is 24.3 Å². The summed E-state index contributed by atoms with van der Waals surface area (Å²) in [6.45, 7) is 0. The van der Waals surface area contributed by atoms with Crippen LogP contribution in [0.3, 0.4) is 0 Å². The van der Waals surface area contributed by atoms with Crippen LogP contribution in [0.1, 0.15) is 29.6 Å². The number of amides is 1. The van der Waals surface area contributed by atoms with Gasteiger partial charge in [0.05, 0.1) is 0 Å². The monoisotopic (exact) mass is 327 g/mol. The SMILES string of the molecule is O=C(NC1[C@H]2[C@H]3CC[C@@H](C3)[C@H]12)c1ccc(-c2n[nH]c(=S)o2)cc1. The second kappa shape index (κ2) is 4.77. The lowest BCUT2D eigenvalue weighted by Crippen LogP contribution is -2.29. The van der Waals surface area contributed by atoms with Crippen molar-refractivity contribution < 1.29 is 9.21 Å². The molecule has 3 saturated carbocycles. The highest BCUT2D eigenvalue weighted by Crippen LogP contribution is 2.65. The molecule has 0 saturated heterocycles. The number of aromatic nitrogens is 2. The topological polar surface area (TPSA) is 70.9 Å². The maximum Gasteiger partial charge on any atom is 0.284 e. The third kappa shape index (κ3) is 2.08. The first-order chi connectivity index (χ1) is 11.2. The van der Waals surface area contributed by atoms with E-state index in [1.165, 1.54) is 19.3 Å². The molecule has 1 amide bonds. The number of hydrogen-bond acceptors (Lipinski definition) is 4. The van der Waals surface area contributed by atoms with Gasteiger partial charge < -0.3 is 9.73 Å². The van der Waals surface area contributed by atoms with E-state index < -0.39 is 0 Å². The predicted octanol–water partition coefficient (Wildman–Crippen LogP) is 3.17. The lowest BCUT2D eigenvalue weighted by atomic mass is 10.0. The van der Waals surface area contributed by atoms with Gasteiger partial charge in [0, 0.05) is 17.2 Å². The number of hydrogen-bond donors (Lipinski definition) is 2. The summed E-state index contributed by atoms with van der Waals surface area (Å²) in [6.07, 6.45) is 4.13. The summed E-state index contributed by atoms with van der Waals surface area (Å²) in [4.78, 5) is 12.7. The number of H-pyrrole nitrogens is 1. The van der Waals surface area contributed by atoms with E-state index in [9.17, 15) is 4.79 Å². The Morgan fingerprint density at radius 3 is 2.52 bits per heavy atom. The van der Waals surface area contributed by atoms with Gasteiger partial charge in [-0.05, 0) is 79.4 Å². The van der Waals surface area contributed by atoms with E-state index in [2.05, 4.69) is 15.5 Å². The molecule has 5 nitrogen and oxygen atoms in total. The second-order valence-electron chi connectivity index (χ2n) is 6.98. The van der Waals surface area contributed by atoms with E-state index in [0.717, 1.165) is 29.2 Å². The predicted molar refractivity (Wildman–Crippen MR) is 86.2 cm³/mol. The number of aromatic amines is 1. The van der Waals surface area contributed by atoms with Gasteiger partial charge in [-0.25, -0.2) is 5.10 Å². The quantitative estimate of drug-likeness (QED) is 0.850. The fourth-order valence-electron chi connectivity index (χ4n) is 4.87. The minimum absolute atomic E-state index is 0.0262. The molecule has 0 radical (unpaired) electrons. The van der Waals surface area contributed by atoms with E-state index in [4.69, 9.17) is 16.6 Å². The molecule has 118 valence electrons. The van der Waals surface area contributed by atoms with Crippen LogP contribution in [0.4, 0.5) is 0 Å². The Bertz CT molecular complexity index is 809. The first-order valence-corrected chi connectivity index (χ1v) is 8.58. The van der Waals surface area contributed by atoms with Crippen LogP contribution in [-0.4, -0.2) is 22.1 Å². The van der Waals surface area contributed by atoms with Gasteiger partial charge in [-0.2, -0.15) is 0 Å². The highest BCUT2D eigenvalue weighted by atomic mass is 32.1. The Balaban J connectivity index is 1.29. The molecule has 2 bridgehead atoms. The number of fused-ring (bicyclic) bond motifs is 5. The third-order valence-corrected chi connectivity index (χ3v) is 6.04. The van der Waals surface area contributed by atoms with Crippen LogP contribution in [0.2, 0.25) is 0 Å². The zero-order valence-electron chi connectivity index (χ0n) is 12.5. The molecule has 1 aromatic heterocycles. The Kier molecular flexibility index (Phi) is 2.80. The van der Waals surface area contributed by atoms with Crippen molar-refractivity contribution >= 4 is 18.1 Å². The molecule has 6 heteroatoms. The van der Waals surface area contributed by atoms with Gasteiger partial charge in [0.15, 0.2) is 0 Å². The summed E-state index contributed by atoms with van der Waals surface area (Å²) in [6, 6.07) is 7.70. The van der Waals surface area contributed by atoms with Crippen LogP contribution in [0.25, 0.3) is 11.5 Å². The van der Waals surface area contributed by atoms with E-state index >= 15 is 0 Å². The van der Waals surface area contributed by atoms with Crippen LogP contribution in [-0.2, 0) is 0 Å². The van der Waals surface area contributed by atoms with Gasteiger partial charge in [-0.3, -0.25) is 4.79 Å². The number of nitrogens with zero attached hydrogens (tertiary/aromatic N) is 1. The number of carbonyl (C=O) groups excluding carboxylic acids is 1. The van der Waals surface area contributed by atoms with E-state index in [0.29, 0.717) is 17.5 Å². The minimum Gasteiger partial charge on any atom is -0.409 e. The van der Waals surface area contributed by atoms with Crippen molar-refractivity contribution in [3.8, 4) is 11.5 Å². The Labute approximate surface area is 138 Å². The fourth-order valence-corrected chi connectivity index (χ4v) is 5.00. The molecular weight excluding hydrogens is 310 g/mol. The first kappa shape index (κ1) is 13.5. The fraction of sp³-hybridized carbons (Fsp3) is 0.471. The van der Waals surface area contributed by atoms with Crippen molar-refractivity contribution in [3.05, 3.63) is 34.7 Å². The summed E-state index contributed by atoms with van der Waals surface area (Å²) in [5, 5.41) is 9.81. The molecule has 5 rings (SSSR count). The van der Waals surface area contributed by atoms with E-state index in [-0.39, 0.29) is 10.7 Å². The van der Waals surface area contributed by atoms with Crippen molar-refractivity contribution in [2.75, 3.05) is 0 Å². The van der Waals surface area contributed by atoms with Gasteiger partial charge in [0.2, 0.25) is 5.89 Å². The van der Waals surface area contributed by atoms with Gasteiger partial charge in [-0.15, -0.1) is 5.10 Å². The Hall–Kier alpha value is -1.95. The highest BCUT2D eigenvalue weighted by molar-refractivity contribution is 7.71. The molecule has 4 atom stereocenters. The van der Waals surface area contributed by atoms with Crippen molar-refractivity contribution in [2.24, 2.45) is 23.7 Å². The number of nitrogens with one attached hydrogen (secondary N) is 2. The largest absolute Gasteiger partial charge is 0.409 e. The summed E-state index contributed by atoms with van der Waals surface area (Å²) < 4.78 is 5.27. The molecular formula is C17H17N3O2S. The molecule has 0 unspecified atom stereocenters. The maximum atomic E-state index is 12.4. The van der Waals surface area contributed by atoms with E-state index in [1.54, 1.807) is 0 Å². The second-order valence-corrected chi connectivity index (χ2v) is 7.35. The summed E-state index contributed by atoms with van der Waals surface area (Å²) in [7, 11) is 0. The third-order valence-electron chi connectivity index (χ3n) is 5.87. The molecule has 23 heavy (non-hydrogen) atoms. The van der Waals surface area contributed by atoms with Crippen molar-refractivity contribution in [2.45, 2.75) is 25.3 Å². The Morgan fingerprint density at radius 1 is 1.22 bits per heavy atom. The molecule has 3 aliphatic rings. The number of carbonyl (C=O) groups is 1. The van der Waals surface area contributed by atoms with Crippen molar-refractivity contribution in [1.82, 2.24) is 15.5 Å². The average Bonchev–Trinajstić information content (AvgIpc) is 2.95. The van der Waals surface area contributed by atoms with Gasteiger partial charge in [-0.1, -0.05) is 0 Å². The van der Waals surface area contributed by atoms with Crippen LogP contribution in [0.5, 0.6) is 0 Å². The molecule has 1 aromatic carbocycles. The zero-order chi connectivity index (χ0) is 15.6. The van der Waals surface area contributed by atoms with Crippen LogP contribution < -0.4 is 5.32 Å². The standard InChI is InChI=1S/C17H17N3O2S/c21-15(18-14-12-10-5-6-11(7-10)13(12)14)8-1-3-9(4-2-8)16-19-20-17(23)22-16/h1-4,10-14H,5-7H2,(H,18,21)(H,20,23)/t10-,11-,12-,13-/m0/s1. The van der Waals surface area contributed by atoms with Crippen molar-refractivity contribution in [3.63, 3.8) is 0 Å². The normalized spacial score (nSPS) is 33.5. The molecule has 0 aliphatic heterocycles. The molecule has 3 aliphatic carbocycles.